The van der Waals surface area contributed by atoms with E-state index in [0.717, 1.165) is 6.42 Å². The number of carbonyl (C=O) groups is 1. The fourth-order valence-electron chi connectivity index (χ4n) is 2.51. The standard InChI is InChI=1S/C9H15NO2/c11-9(12)8-5-6-3-1-2-4-7(6)10-8/h6-8,10H,1-5H2,(H,11,12)/t6?,7?,8-/m1/s1. The van der Waals surface area contributed by atoms with Gasteiger partial charge in [0, 0.05) is 6.04 Å². The second-order valence-electron chi connectivity index (χ2n) is 3.94. The second kappa shape index (κ2) is 3.05. The molecular formula is C9H15NO2. The van der Waals surface area contributed by atoms with Gasteiger partial charge in [0.1, 0.15) is 6.04 Å². The first-order valence-corrected chi connectivity index (χ1v) is 4.76. The number of aliphatic carboxylic acids is 1. The van der Waals surface area contributed by atoms with Crippen LogP contribution in [0.1, 0.15) is 32.1 Å². The van der Waals surface area contributed by atoms with Crippen LogP contribution in [0.15, 0.2) is 0 Å². The Morgan fingerprint density at radius 3 is 2.75 bits per heavy atom. The molecule has 0 aromatic rings. The largest absolute Gasteiger partial charge is 0.480 e. The van der Waals surface area contributed by atoms with Gasteiger partial charge in [0.2, 0.25) is 0 Å². The van der Waals surface area contributed by atoms with Crippen molar-refractivity contribution in [2.45, 2.75) is 44.2 Å². The zero-order chi connectivity index (χ0) is 8.55. The average Bonchev–Trinajstić information content (AvgIpc) is 2.46. The molecule has 0 bridgehead atoms. The van der Waals surface area contributed by atoms with Crippen molar-refractivity contribution in [2.75, 3.05) is 0 Å². The lowest BCUT2D eigenvalue weighted by molar-refractivity contribution is -0.139. The fourth-order valence-corrected chi connectivity index (χ4v) is 2.51. The second-order valence-corrected chi connectivity index (χ2v) is 3.94. The Balaban J connectivity index is 1.98. The van der Waals surface area contributed by atoms with E-state index in [2.05, 4.69) is 5.32 Å². The number of carboxylic acids is 1. The third-order valence-electron chi connectivity index (χ3n) is 3.16. The minimum absolute atomic E-state index is 0.266. The molecule has 2 N–H and O–H groups in total. The molecule has 3 heteroatoms. The highest BCUT2D eigenvalue weighted by Gasteiger charge is 2.37. The van der Waals surface area contributed by atoms with Crippen LogP contribution in [0.25, 0.3) is 0 Å². The Morgan fingerprint density at radius 1 is 1.33 bits per heavy atom. The van der Waals surface area contributed by atoms with E-state index in [-0.39, 0.29) is 6.04 Å². The van der Waals surface area contributed by atoms with E-state index in [1.165, 1.54) is 25.7 Å². The molecule has 3 atom stereocenters. The minimum Gasteiger partial charge on any atom is -0.480 e. The number of nitrogens with one attached hydrogen (secondary N) is 1. The molecule has 2 rings (SSSR count). The molecule has 2 aliphatic rings. The van der Waals surface area contributed by atoms with Crippen LogP contribution in [-0.2, 0) is 4.79 Å². The SMILES string of the molecule is O=C(O)[C@H]1CC2CCCCC2N1. The van der Waals surface area contributed by atoms with Crippen molar-refractivity contribution in [3.8, 4) is 0 Å². The fraction of sp³-hybridized carbons (Fsp3) is 0.889. The van der Waals surface area contributed by atoms with E-state index in [4.69, 9.17) is 5.11 Å². The highest BCUT2D eigenvalue weighted by molar-refractivity contribution is 5.74. The third kappa shape index (κ3) is 1.33. The van der Waals surface area contributed by atoms with E-state index >= 15 is 0 Å². The van der Waals surface area contributed by atoms with Gasteiger partial charge in [0.15, 0.2) is 0 Å². The minimum atomic E-state index is -0.676. The lowest BCUT2D eigenvalue weighted by Crippen LogP contribution is -2.36. The summed E-state index contributed by atoms with van der Waals surface area (Å²) in [5.41, 5.74) is 0. The van der Waals surface area contributed by atoms with Gasteiger partial charge in [-0.15, -0.1) is 0 Å². The van der Waals surface area contributed by atoms with Gasteiger partial charge in [0.05, 0.1) is 0 Å². The number of hydrogen-bond donors (Lipinski definition) is 2. The van der Waals surface area contributed by atoms with Crippen LogP contribution in [0.5, 0.6) is 0 Å². The summed E-state index contributed by atoms with van der Waals surface area (Å²) >= 11 is 0. The molecule has 0 radical (unpaired) electrons. The first-order valence-electron chi connectivity index (χ1n) is 4.76. The molecule has 0 aromatic carbocycles. The average molecular weight is 169 g/mol. The molecule has 0 spiro atoms. The molecule has 0 aromatic heterocycles. The molecule has 1 aliphatic carbocycles. The van der Waals surface area contributed by atoms with Gasteiger partial charge >= 0.3 is 5.97 Å². The smallest absolute Gasteiger partial charge is 0.320 e. The molecule has 0 amide bonds. The van der Waals surface area contributed by atoms with Crippen LogP contribution in [0.2, 0.25) is 0 Å². The van der Waals surface area contributed by atoms with E-state index in [1.807, 2.05) is 0 Å². The van der Waals surface area contributed by atoms with E-state index < -0.39 is 5.97 Å². The van der Waals surface area contributed by atoms with Crippen LogP contribution in [0.4, 0.5) is 0 Å². The van der Waals surface area contributed by atoms with E-state index in [0.29, 0.717) is 12.0 Å². The Morgan fingerprint density at radius 2 is 2.08 bits per heavy atom. The van der Waals surface area contributed by atoms with Gasteiger partial charge in [0.25, 0.3) is 0 Å². The van der Waals surface area contributed by atoms with E-state index in [9.17, 15) is 4.79 Å². The monoisotopic (exact) mass is 169 g/mol. The lowest BCUT2D eigenvalue weighted by Gasteiger charge is -2.24. The summed E-state index contributed by atoms with van der Waals surface area (Å²) in [6, 6.07) is 0.234. The van der Waals surface area contributed by atoms with Gasteiger partial charge in [-0.3, -0.25) is 4.79 Å². The summed E-state index contributed by atoms with van der Waals surface area (Å²) in [4.78, 5) is 10.7. The van der Waals surface area contributed by atoms with Gasteiger partial charge in [-0.05, 0) is 25.2 Å². The predicted molar refractivity (Wildman–Crippen MR) is 44.9 cm³/mol. The molecule has 1 saturated heterocycles. The first kappa shape index (κ1) is 8.05. The number of carboxylic acid groups (broad SMARTS) is 1. The summed E-state index contributed by atoms with van der Waals surface area (Å²) in [6.07, 6.45) is 5.80. The molecule has 1 saturated carbocycles. The summed E-state index contributed by atoms with van der Waals surface area (Å²) in [6.45, 7) is 0. The molecule has 12 heavy (non-hydrogen) atoms. The predicted octanol–water partition coefficient (Wildman–Crippen LogP) is 0.992. The summed E-state index contributed by atoms with van der Waals surface area (Å²) in [7, 11) is 0. The van der Waals surface area contributed by atoms with Crippen LogP contribution in [-0.4, -0.2) is 23.2 Å². The Labute approximate surface area is 72.2 Å². The molecule has 1 aliphatic heterocycles. The normalized spacial score (nSPS) is 40.8. The van der Waals surface area contributed by atoms with Gasteiger partial charge < -0.3 is 10.4 Å². The quantitative estimate of drug-likeness (QED) is 0.615. The zero-order valence-electron chi connectivity index (χ0n) is 7.12. The maximum atomic E-state index is 10.7. The summed E-state index contributed by atoms with van der Waals surface area (Å²) < 4.78 is 0. The van der Waals surface area contributed by atoms with Gasteiger partial charge in [-0.2, -0.15) is 0 Å². The lowest BCUT2D eigenvalue weighted by atomic mass is 9.85. The molecule has 1 heterocycles. The van der Waals surface area contributed by atoms with Crippen LogP contribution < -0.4 is 5.32 Å². The maximum absolute atomic E-state index is 10.7. The number of rotatable bonds is 1. The van der Waals surface area contributed by atoms with E-state index in [1.54, 1.807) is 0 Å². The maximum Gasteiger partial charge on any atom is 0.320 e. The summed E-state index contributed by atoms with van der Waals surface area (Å²) in [5, 5.41) is 12.0. The van der Waals surface area contributed by atoms with Crippen molar-refractivity contribution in [1.29, 1.82) is 0 Å². The van der Waals surface area contributed by atoms with Crippen molar-refractivity contribution < 1.29 is 9.90 Å². The van der Waals surface area contributed by atoms with Crippen molar-refractivity contribution >= 4 is 5.97 Å². The van der Waals surface area contributed by atoms with Gasteiger partial charge in [-0.25, -0.2) is 0 Å². The number of fused-ring (bicyclic) bond motifs is 1. The first-order chi connectivity index (χ1) is 5.77. The van der Waals surface area contributed by atoms with Crippen LogP contribution in [0, 0.1) is 5.92 Å². The highest BCUT2D eigenvalue weighted by atomic mass is 16.4. The molecule has 2 fully saturated rings. The van der Waals surface area contributed by atoms with Crippen molar-refractivity contribution in [1.82, 2.24) is 5.32 Å². The van der Waals surface area contributed by atoms with Gasteiger partial charge in [-0.1, -0.05) is 12.8 Å². The molecule has 2 unspecified atom stereocenters. The van der Waals surface area contributed by atoms with Crippen molar-refractivity contribution in [3.05, 3.63) is 0 Å². The highest BCUT2D eigenvalue weighted by Crippen LogP contribution is 2.32. The van der Waals surface area contributed by atoms with Crippen molar-refractivity contribution in [3.63, 3.8) is 0 Å². The Hall–Kier alpha value is -0.570. The third-order valence-corrected chi connectivity index (χ3v) is 3.16. The number of hydrogen-bond acceptors (Lipinski definition) is 2. The topological polar surface area (TPSA) is 49.3 Å². The molecule has 68 valence electrons. The molecular weight excluding hydrogens is 154 g/mol. The van der Waals surface area contributed by atoms with Crippen LogP contribution >= 0.6 is 0 Å². The molecule has 3 nitrogen and oxygen atoms in total. The Kier molecular flexibility index (Phi) is 2.05. The van der Waals surface area contributed by atoms with Crippen molar-refractivity contribution in [2.24, 2.45) is 5.92 Å². The zero-order valence-corrected chi connectivity index (χ0v) is 7.12. The summed E-state index contributed by atoms with van der Waals surface area (Å²) in [5.74, 6) is -0.0377. The van der Waals surface area contributed by atoms with Crippen LogP contribution in [0.3, 0.4) is 0 Å². The Bertz CT molecular complexity index is 179.